The minimum Gasteiger partial charge on any atom is -0.0622 e. The van der Waals surface area contributed by atoms with Crippen LogP contribution < -0.4 is 0 Å². The lowest BCUT2D eigenvalue weighted by molar-refractivity contribution is 0.196. The van der Waals surface area contributed by atoms with E-state index in [1.54, 1.807) is 36.8 Å². The van der Waals surface area contributed by atoms with Crippen LogP contribution in [0.4, 0.5) is 0 Å². The Morgan fingerprint density at radius 2 is 0.500 bits per heavy atom. The fourth-order valence-corrected chi connectivity index (χ4v) is 8.79. The van der Waals surface area contributed by atoms with Crippen LogP contribution >= 0.6 is 0 Å². The molecule has 0 saturated heterocycles. The molecular formula is C48H64. The second-order valence-corrected chi connectivity index (χ2v) is 15.0. The first-order valence-electron chi connectivity index (χ1n) is 20.1. The number of hydrogen-bond donors (Lipinski definition) is 0. The molecule has 0 N–H and O–H groups in total. The summed E-state index contributed by atoms with van der Waals surface area (Å²) in [5.74, 6) is 4.00. The first-order chi connectivity index (χ1) is 23.9. The molecule has 0 aromatic heterocycles. The number of hydrogen-bond acceptors (Lipinski definition) is 0. The Kier molecular flexibility index (Phi) is 16.4. The Labute approximate surface area is 294 Å². The van der Waals surface area contributed by atoms with Gasteiger partial charge in [0.1, 0.15) is 0 Å². The molecule has 4 saturated carbocycles. The maximum atomic E-state index is 2.27. The van der Waals surface area contributed by atoms with Gasteiger partial charge < -0.3 is 0 Å². The van der Waals surface area contributed by atoms with E-state index < -0.39 is 0 Å². The molecule has 0 heteroatoms. The van der Waals surface area contributed by atoms with Crippen molar-refractivity contribution in [1.82, 2.24) is 0 Å². The number of rotatable bonds is 4. The summed E-state index contributed by atoms with van der Waals surface area (Å²) in [6, 6.07) is 42.7. The van der Waals surface area contributed by atoms with Crippen molar-refractivity contribution in [2.45, 2.75) is 140 Å². The molecule has 8 rings (SSSR count). The molecule has 0 atom stereocenters. The van der Waals surface area contributed by atoms with Crippen LogP contribution in [0.5, 0.6) is 0 Å². The standard InChI is InChI=1S/C12H22.2C12H16.C12H10/c4*1-3-7-11(8-4-1)12-9-5-2-6-10-12/h11-12H,1-10H2;2*1,3-4,7-8,12H,2,5-6,9-10H2;1-10H. The third kappa shape index (κ3) is 12.7. The van der Waals surface area contributed by atoms with Gasteiger partial charge in [-0.1, -0.05) is 224 Å². The van der Waals surface area contributed by atoms with Crippen LogP contribution in [-0.4, -0.2) is 0 Å². The van der Waals surface area contributed by atoms with Crippen LogP contribution in [0.2, 0.25) is 0 Å². The monoisotopic (exact) mass is 641 g/mol. The van der Waals surface area contributed by atoms with Gasteiger partial charge in [-0.15, -0.1) is 0 Å². The zero-order valence-electron chi connectivity index (χ0n) is 30.0. The Morgan fingerprint density at radius 1 is 0.250 bits per heavy atom. The van der Waals surface area contributed by atoms with E-state index in [9.17, 15) is 0 Å². The summed E-state index contributed by atoms with van der Waals surface area (Å²) in [4.78, 5) is 0. The molecule has 4 aliphatic rings. The third-order valence-corrected chi connectivity index (χ3v) is 11.6. The van der Waals surface area contributed by atoms with Crippen molar-refractivity contribution in [2.24, 2.45) is 11.8 Å². The molecule has 0 nitrogen and oxygen atoms in total. The van der Waals surface area contributed by atoms with Gasteiger partial charge in [0.2, 0.25) is 0 Å². The smallest absolute Gasteiger partial charge is 0.0162 e. The summed E-state index contributed by atoms with van der Waals surface area (Å²) >= 11 is 0. The molecular weight excluding hydrogens is 577 g/mol. The maximum Gasteiger partial charge on any atom is -0.0162 e. The third-order valence-electron chi connectivity index (χ3n) is 11.6. The SMILES string of the molecule is C1CCC(C2CCCCC2)CC1.c1ccc(-c2ccccc2)cc1.c1ccc(C2CCCCC2)cc1.c1ccc(C2CCCCC2)cc1. The molecule has 0 amide bonds. The van der Waals surface area contributed by atoms with E-state index in [0.29, 0.717) is 0 Å². The topological polar surface area (TPSA) is 0 Å². The van der Waals surface area contributed by atoms with Gasteiger partial charge in [0.25, 0.3) is 0 Å². The lowest BCUT2D eigenvalue weighted by Crippen LogP contribution is -2.20. The Balaban J connectivity index is 0.000000125. The van der Waals surface area contributed by atoms with Crippen molar-refractivity contribution in [3.8, 4) is 11.1 Å². The molecule has 4 fully saturated rings. The van der Waals surface area contributed by atoms with Gasteiger partial charge in [-0.2, -0.15) is 0 Å². The van der Waals surface area contributed by atoms with Gasteiger partial charge in [-0.3, -0.25) is 0 Å². The van der Waals surface area contributed by atoms with Crippen LogP contribution in [0.25, 0.3) is 11.1 Å². The first-order valence-corrected chi connectivity index (χ1v) is 20.1. The Morgan fingerprint density at radius 3 is 0.792 bits per heavy atom. The van der Waals surface area contributed by atoms with E-state index in [1.807, 2.05) is 12.1 Å². The summed E-state index contributed by atoms with van der Waals surface area (Å²) in [6.07, 6.45) is 29.6. The normalized spacial score (nSPS) is 19.3. The highest BCUT2D eigenvalue weighted by Crippen LogP contribution is 2.38. The predicted octanol–water partition coefficient (Wildman–Crippen LogP) is 15.0. The summed E-state index contributed by atoms with van der Waals surface area (Å²) in [6.45, 7) is 0. The zero-order chi connectivity index (χ0) is 32.9. The van der Waals surface area contributed by atoms with Crippen molar-refractivity contribution < 1.29 is 0 Å². The lowest BCUT2D eigenvalue weighted by atomic mass is 9.73. The molecule has 0 unspecified atom stereocenters. The average molecular weight is 641 g/mol. The molecule has 0 spiro atoms. The highest BCUT2D eigenvalue weighted by molar-refractivity contribution is 5.62. The largest absolute Gasteiger partial charge is 0.0622 e. The summed E-state index contributed by atoms with van der Waals surface area (Å²) in [5, 5.41) is 0. The predicted molar refractivity (Wildman–Crippen MR) is 210 cm³/mol. The fraction of sp³-hybridized carbons (Fsp3) is 0.500. The van der Waals surface area contributed by atoms with E-state index >= 15 is 0 Å². The fourth-order valence-electron chi connectivity index (χ4n) is 8.79. The van der Waals surface area contributed by atoms with Gasteiger partial charge >= 0.3 is 0 Å². The van der Waals surface area contributed by atoms with Gasteiger partial charge in [0.15, 0.2) is 0 Å². The van der Waals surface area contributed by atoms with Crippen molar-refractivity contribution in [3.63, 3.8) is 0 Å². The minimum atomic E-state index is 0.861. The summed E-state index contributed by atoms with van der Waals surface area (Å²) in [5.41, 5.74) is 5.66. The molecule has 0 heterocycles. The van der Waals surface area contributed by atoms with Crippen LogP contribution in [-0.2, 0) is 0 Å². The minimum absolute atomic E-state index is 0.861. The van der Waals surface area contributed by atoms with Gasteiger partial charge in [-0.05, 0) is 71.6 Å². The zero-order valence-corrected chi connectivity index (χ0v) is 30.0. The summed E-state index contributed by atoms with van der Waals surface area (Å²) in [7, 11) is 0. The van der Waals surface area contributed by atoms with E-state index in [-0.39, 0.29) is 0 Å². The second kappa shape index (κ2) is 21.8. The van der Waals surface area contributed by atoms with Crippen LogP contribution in [0.3, 0.4) is 0 Å². The lowest BCUT2D eigenvalue weighted by Gasteiger charge is -2.32. The van der Waals surface area contributed by atoms with Gasteiger partial charge in [-0.25, -0.2) is 0 Å². The summed E-state index contributed by atoms with van der Waals surface area (Å²) < 4.78 is 0. The highest BCUT2D eigenvalue weighted by Gasteiger charge is 2.24. The Bertz CT molecular complexity index is 1200. The molecule has 0 aliphatic heterocycles. The van der Waals surface area contributed by atoms with Crippen molar-refractivity contribution in [3.05, 3.63) is 132 Å². The second-order valence-electron chi connectivity index (χ2n) is 15.0. The molecule has 0 bridgehead atoms. The quantitative estimate of drug-likeness (QED) is 0.208. The van der Waals surface area contributed by atoms with Gasteiger partial charge in [0, 0.05) is 0 Å². The highest BCUT2D eigenvalue weighted by atomic mass is 14.3. The molecule has 48 heavy (non-hydrogen) atoms. The molecule has 0 radical (unpaired) electrons. The van der Waals surface area contributed by atoms with E-state index in [0.717, 1.165) is 23.7 Å². The van der Waals surface area contributed by atoms with Crippen LogP contribution in [0, 0.1) is 11.8 Å². The maximum absolute atomic E-state index is 2.27. The van der Waals surface area contributed by atoms with E-state index in [2.05, 4.69) is 109 Å². The van der Waals surface area contributed by atoms with Crippen molar-refractivity contribution in [1.29, 1.82) is 0 Å². The Hall–Kier alpha value is -3.12. The average Bonchev–Trinajstić information content (AvgIpc) is 3.21. The molecule has 256 valence electrons. The van der Waals surface area contributed by atoms with E-state index in [1.165, 1.54) is 114 Å². The van der Waals surface area contributed by atoms with Crippen molar-refractivity contribution >= 4 is 0 Å². The number of benzene rings is 4. The van der Waals surface area contributed by atoms with Gasteiger partial charge in [0.05, 0.1) is 0 Å². The first kappa shape index (κ1) is 36.2. The van der Waals surface area contributed by atoms with E-state index in [4.69, 9.17) is 0 Å². The molecule has 4 aromatic carbocycles. The van der Waals surface area contributed by atoms with Crippen LogP contribution in [0.1, 0.15) is 151 Å². The molecule has 4 aromatic rings. The molecule has 4 aliphatic carbocycles. The van der Waals surface area contributed by atoms with Crippen LogP contribution in [0.15, 0.2) is 121 Å². The van der Waals surface area contributed by atoms with Crippen molar-refractivity contribution in [2.75, 3.05) is 0 Å².